The van der Waals surface area contributed by atoms with Gasteiger partial charge in [-0.1, -0.05) is 0 Å². The van der Waals surface area contributed by atoms with Gasteiger partial charge >= 0.3 is 0 Å². The van der Waals surface area contributed by atoms with E-state index < -0.39 is 0 Å². The summed E-state index contributed by atoms with van der Waals surface area (Å²) in [5.41, 5.74) is 2.28. The Balaban J connectivity index is 1.56. The predicted octanol–water partition coefficient (Wildman–Crippen LogP) is 2.30. The van der Waals surface area contributed by atoms with Gasteiger partial charge in [0.2, 0.25) is 11.8 Å². The first-order valence-corrected chi connectivity index (χ1v) is 9.12. The summed E-state index contributed by atoms with van der Waals surface area (Å²) in [6.07, 6.45) is 0.756. The van der Waals surface area contributed by atoms with E-state index in [9.17, 15) is 14.4 Å². The van der Waals surface area contributed by atoms with Gasteiger partial charge in [-0.3, -0.25) is 19.3 Å². The quantitative estimate of drug-likeness (QED) is 0.786. The van der Waals surface area contributed by atoms with Gasteiger partial charge in [0.1, 0.15) is 0 Å². The molecule has 0 saturated carbocycles. The molecule has 1 aromatic heterocycles. The van der Waals surface area contributed by atoms with Crippen LogP contribution in [0.5, 0.6) is 0 Å². The second kappa shape index (κ2) is 7.76. The predicted molar refractivity (Wildman–Crippen MR) is 100 cm³/mol. The van der Waals surface area contributed by atoms with E-state index in [0.29, 0.717) is 22.9 Å². The SMILES string of the molecule is CC(=O)Nc1nc2c(s1)CN(CC(=O)Nc1ccc(C(C)=O)cc1)CC2. The standard InChI is InChI=1S/C18H20N4O3S/c1-11(23)13-3-5-14(6-4-13)20-17(25)10-22-8-7-15-16(9-22)26-18(21-15)19-12(2)24/h3-6H,7-10H2,1-2H3,(H,20,25)(H,19,21,24). The average molecular weight is 372 g/mol. The number of anilines is 2. The maximum atomic E-state index is 12.3. The van der Waals surface area contributed by atoms with E-state index >= 15 is 0 Å². The molecule has 2 N–H and O–H groups in total. The van der Waals surface area contributed by atoms with Crippen LogP contribution in [0.2, 0.25) is 0 Å². The van der Waals surface area contributed by atoms with Crippen molar-refractivity contribution in [2.45, 2.75) is 26.8 Å². The van der Waals surface area contributed by atoms with Gasteiger partial charge in [0.25, 0.3) is 0 Å². The van der Waals surface area contributed by atoms with Gasteiger partial charge in [-0.25, -0.2) is 4.98 Å². The van der Waals surface area contributed by atoms with Crippen LogP contribution < -0.4 is 10.6 Å². The highest BCUT2D eigenvalue weighted by molar-refractivity contribution is 7.15. The van der Waals surface area contributed by atoms with E-state index in [4.69, 9.17) is 0 Å². The zero-order chi connectivity index (χ0) is 18.7. The molecular formula is C18H20N4O3S. The number of ketones is 1. The maximum absolute atomic E-state index is 12.3. The summed E-state index contributed by atoms with van der Waals surface area (Å²) >= 11 is 1.45. The number of carbonyl (C=O) groups excluding carboxylic acids is 3. The van der Waals surface area contributed by atoms with Gasteiger partial charge in [-0.05, 0) is 31.2 Å². The van der Waals surface area contributed by atoms with Crippen molar-refractivity contribution in [1.82, 2.24) is 9.88 Å². The van der Waals surface area contributed by atoms with Gasteiger partial charge in [-0.2, -0.15) is 0 Å². The van der Waals surface area contributed by atoms with Crippen LogP contribution in [0.1, 0.15) is 34.8 Å². The second-order valence-corrected chi connectivity index (χ2v) is 7.30. The first kappa shape index (κ1) is 18.2. The van der Waals surface area contributed by atoms with E-state index in [1.165, 1.54) is 25.2 Å². The summed E-state index contributed by atoms with van der Waals surface area (Å²) in [5, 5.41) is 6.17. The van der Waals surface area contributed by atoms with E-state index in [-0.39, 0.29) is 24.1 Å². The van der Waals surface area contributed by atoms with E-state index in [1.807, 2.05) is 0 Å². The summed E-state index contributed by atoms with van der Waals surface area (Å²) in [4.78, 5) is 42.3. The Morgan fingerprint density at radius 3 is 2.54 bits per heavy atom. The van der Waals surface area contributed by atoms with Crippen LogP contribution in [0.3, 0.4) is 0 Å². The average Bonchev–Trinajstić information content (AvgIpc) is 2.95. The van der Waals surface area contributed by atoms with Crippen molar-refractivity contribution in [2.75, 3.05) is 23.7 Å². The first-order chi connectivity index (χ1) is 12.4. The summed E-state index contributed by atoms with van der Waals surface area (Å²) in [6, 6.07) is 6.86. The van der Waals surface area contributed by atoms with Crippen LogP contribution in [0.25, 0.3) is 0 Å². The number of hydrogen-bond donors (Lipinski definition) is 2. The molecular weight excluding hydrogens is 352 g/mol. The largest absolute Gasteiger partial charge is 0.325 e. The number of aromatic nitrogens is 1. The van der Waals surface area contributed by atoms with Gasteiger partial charge in [0.15, 0.2) is 10.9 Å². The van der Waals surface area contributed by atoms with Crippen LogP contribution in [0, 0.1) is 0 Å². The molecule has 1 aliphatic rings. The molecule has 0 aliphatic carbocycles. The molecule has 2 heterocycles. The zero-order valence-electron chi connectivity index (χ0n) is 14.7. The lowest BCUT2D eigenvalue weighted by Gasteiger charge is -2.25. The minimum atomic E-state index is -0.136. The Hall–Kier alpha value is -2.58. The van der Waals surface area contributed by atoms with Crippen molar-refractivity contribution in [2.24, 2.45) is 0 Å². The molecule has 1 aromatic carbocycles. The highest BCUT2D eigenvalue weighted by atomic mass is 32.1. The smallest absolute Gasteiger partial charge is 0.238 e. The van der Waals surface area contributed by atoms with E-state index in [1.54, 1.807) is 24.3 Å². The zero-order valence-corrected chi connectivity index (χ0v) is 15.5. The molecule has 0 saturated heterocycles. The summed E-state index contributed by atoms with van der Waals surface area (Å²) in [6.45, 7) is 4.63. The number of nitrogens with one attached hydrogen (secondary N) is 2. The molecule has 26 heavy (non-hydrogen) atoms. The fourth-order valence-electron chi connectivity index (χ4n) is 2.78. The van der Waals surface area contributed by atoms with Crippen molar-refractivity contribution in [3.8, 4) is 0 Å². The second-order valence-electron chi connectivity index (χ2n) is 6.21. The van der Waals surface area contributed by atoms with Crippen LogP contribution in [0.15, 0.2) is 24.3 Å². The molecule has 0 fully saturated rings. The molecule has 0 radical (unpaired) electrons. The molecule has 0 atom stereocenters. The van der Waals surface area contributed by atoms with Crippen molar-refractivity contribution in [3.63, 3.8) is 0 Å². The third-order valence-corrected chi connectivity index (χ3v) is 5.03. The summed E-state index contributed by atoms with van der Waals surface area (Å²) in [5.74, 6) is -0.242. The molecule has 0 spiro atoms. The summed E-state index contributed by atoms with van der Waals surface area (Å²) in [7, 11) is 0. The Morgan fingerprint density at radius 2 is 1.88 bits per heavy atom. The number of thiazole rings is 1. The minimum absolute atomic E-state index is 0.00446. The maximum Gasteiger partial charge on any atom is 0.238 e. The Bertz CT molecular complexity index is 845. The molecule has 1 aliphatic heterocycles. The third kappa shape index (κ3) is 4.53. The fraction of sp³-hybridized carbons (Fsp3) is 0.333. The summed E-state index contributed by atoms with van der Waals surface area (Å²) < 4.78 is 0. The molecule has 0 unspecified atom stereocenters. The monoisotopic (exact) mass is 372 g/mol. The number of benzene rings is 1. The lowest BCUT2D eigenvalue weighted by molar-refractivity contribution is -0.117. The number of Topliss-reactive ketones (excluding diaryl/α,β-unsaturated/α-hetero) is 1. The van der Waals surface area contributed by atoms with Crippen molar-refractivity contribution in [1.29, 1.82) is 0 Å². The molecule has 0 bridgehead atoms. The Kier molecular flexibility index (Phi) is 5.43. The molecule has 7 nitrogen and oxygen atoms in total. The van der Waals surface area contributed by atoms with E-state index in [0.717, 1.165) is 23.5 Å². The number of nitrogens with zero attached hydrogens (tertiary/aromatic N) is 2. The van der Waals surface area contributed by atoms with Crippen LogP contribution in [0.4, 0.5) is 10.8 Å². The Morgan fingerprint density at radius 1 is 1.15 bits per heavy atom. The highest BCUT2D eigenvalue weighted by Crippen LogP contribution is 2.28. The number of hydrogen-bond acceptors (Lipinski definition) is 6. The normalized spacial score (nSPS) is 13.8. The van der Waals surface area contributed by atoms with Gasteiger partial charge < -0.3 is 10.6 Å². The highest BCUT2D eigenvalue weighted by Gasteiger charge is 2.22. The topological polar surface area (TPSA) is 91.4 Å². The molecule has 2 aromatic rings. The number of fused-ring (bicyclic) bond motifs is 1. The van der Waals surface area contributed by atoms with Crippen LogP contribution >= 0.6 is 11.3 Å². The number of rotatable bonds is 5. The third-order valence-electron chi connectivity index (χ3n) is 4.04. The van der Waals surface area contributed by atoms with Crippen molar-refractivity contribution < 1.29 is 14.4 Å². The number of amides is 2. The minimum Gasteiger partial charge on any atom is -0.325 e. The van der Waals surface area contributed by atoms with Crippen LogP contribution in [-0.4, -0.2) is 40.6 Å². The lowest BCUT2D eigenvalue weighted by atomic mass is 10.1. The molecule has 136 valence electrons. The number of carbonyl (C=O) groups is 3. The first-order valence-electron chi connectivity index (χ1n) is 8.30. The van der Waals surface area contributed by atoms with Gasteiger partial charge in [-0.15, -0.1) is 11.3 Å². The Labute approximate surface area is 155 Å². The molecule has 3 rings (SSSR count). The van der Waals surface area contributed by atoms with Gasteiger partial charge in [0.05, 0.1) is 12.2 Å². The van der Waals surface area contributed by atoms with Gasteiger partial charge in [0, 0.05) is 42.6 Å². The molecule has 8 heteroatoms. The van der Waals surface area contributed by atoms with Crippen molar-refractivity contribution >= 4 is 39.8 Å². The molecule has 2 amide bonds. The fourth-order valence-corrected chi connectivity index (χ4v) is 3.88. The van der Waals surface area contributed by atoms with Crippen molar-refractivity contribution in [3.05, 3.63) is 40.4 Å². The van der Waals surface area contributed by atoms with Crippen LogP contribution in [-0.2, 0) is 22.6 Å². The lowest BCUT2D eigenvalue weighted by Crippen LogP contribution is -2.36. The van der Waals surface area contributed by atoms with E-state index in [2.05, 4.69) is 20.5 Å².